The molecule has 1 aromatic carbocycles. The van der Waals surface area contributed by atoms with Crippen molar-refractivity contribution in [3.63, 3.8) is 0 Å². The second-order valence-electron chi connectivity index (χ2n) is 3.12. The van der Waals surface area contributed by atoms with E-state index in [1.807, 2.05) is 29.0 Å². The summed E-state index contributed by atoms with van der Waals surface area (Å²) < 4.78 is 4.75. The van der Waals surface area contributed by atoms with Crippen LogP contribution in [0.3, 0.4) is 0 Å². The van der Waals surface area contributed by atoms with Gasteiger partial charge in [-0.3, -0.25) is 0 Å². The Hall–Kier alpha value is -0.970. The summed E-state index contributed by atoms with van der Waals surface area (Å²) in [5.74, 6) is 0.666. The topological polar surface area (TPSA) is 29.5 Å². The minimum absolute atomic E-state index is 0.565. The van der Waals surface area contributed by atoms with Gasteiger partial charge >= 0.3 is 0 Å². The van der Waals surface area contributed by atoms with Gasteiger partial charge in [-0.2, -0.15) is 11.3 Å². The van der Waals surface area contributed by atoms with Gasteiger partial charge in [0.2, 0.25) is 0 Å². The first-order valence-electron chi connectivity index (χ1n) is 4.43. The third kappa shape index (κ3) is 2.34. The van der Waals surface area contributed by atoms with E-state index in [0.29, 0.717) is 5.75 Å². The zero-order valence-electron chi connectivity index (χ0n) is 7.83. The predicted molar refractivity (Wildman–Crippen MR) is 64.4 cm³/mol. The molecule has 0 bridgehead atoms. The molecule has 1 atom stereocenters. The summed E-state index contributed by atoms with van der Waals surface area (Å²) >= 11 is 5.27. The first kappa shape index (κ1) is 10.5. The SMILES string of the molecule is OC(c1ccc(OS)cc1)c1ccsc1. The minimum atomic E-state index is -0.565. The van der Waals surface area contributed by atoms with Crippen molar-refractivity contribution in [2.75, 3.05) is 0 Å². The molecule has 1 N–H and O–H groups in total. The summed E-state index contributed by atoms with van der Waals surface area (Å²) in [6.45, 7) is 0. The molecule has 1 unspecified atom stereocenters. The second kappa shape index (κ2) is 4.70. The Balaban J connectivity index is 2.22. The number of thiophene rings is 1. The first-order valence-corrected chi connectivity index (χ1v) is 5.73. The Kier molecular flexibility index (Phi) is 3.30. The fraction of sp³-hybridized carbons (Fsp3) is 0.0909. The molecule has 2 nitrogen and oxygen atoms in total. The van der Waals surface area contributed by atoms with Crippen molar-refractivity contribution in [3.8, 4) is 5.75 Å². The molecule has 0 saturated carbocycles. The van der Waals surface area contributed by atoms with Crippen LogP contribution in [0.15, 0.2) is 41.1 Å². The molecule has 78 valence electrons. The molecule has 0 saturated heterocycles. The zero-order chi connectivity index (χ0) is 10.7. The normalized spacial score (nSPS) is 12.4. The first-order chi connectivity index (χ1) is 7.31. The van der Waals surface area contributed by atoms with E-state index in [1.54, 1.807) is 23.5 Å². The number of thiol groups is 1. The van der Waals surface area contributed by atoms with Crippen molar-refractivity contribution in [3.05, 3.63) is 52.2 Å². The highest BCUT2D eigenvalue weighted by Gasteiger charge is 2.10. The number of hydrogen-bond acceptors (Lipinski definition) is 4. The Morgan fingerprint density at radius 1 is 1.13 bits per heavy atom. The van der Waals surface area contributed by atoms with Crippen molar-refractivity contribution >= 4 is 24.2 Å². The number of benzene rings is 1. The molecular weight excluding hydrogens is 228 g/mol. The lowest BCUT2D eigenvalue weighted by molar-refractivity contribution is 0.221. The maximum atomic E-state index is 9.99. The lowest BCUT2D eigenvalue weighted by Gasteiger charge is -2.09. The standard InChI is InChI=1S/C11H10O2S2/c12-11(9-5-6-15-7-9)8-1-3-10(13-14)4-2-8/h1-7,11-12,14H. The number of rotatable bonds is 3. The van der Waals surface area contributed by atoms with E-state index in [0.717, 1.165) is 11.1 Å². The van der Waals surface area contributed by atoms with Gasteiger partial charge in [-0.15, -0.1) is 0 Å². The lowest BCUT2D eigenvalue weighted by atomic mass is 10.0. The van der Waals surface area contributed by atoms with Gasteiger partial charge in [-0.25, -0.2) is 0 Å². The maximum absolute atomic E-state index is 9.99. The third-order valence-corrected chi connectivity index (χ3v) is 3.07. The van der Waals surface area contributed by atoms with Crippen LogP contribution < -0.4 is 4.18 Å². The molecule has 0 aliphatic rings. The number of hydrogen-bond donors (Lipinski definition) is 2. The average molecular weight is 238 g/mol. The van der Waals surface area contributed by atoms with E-state index >= 15 is 0 Å². The van der Waals surface area contributed by atoms with Crippen LogP contribution in [0.2, 0.25) is 0 Å². The Labute approximate surface area is 97.8 Å². The van der Waals surface area contributed by atoms with Crippen molar-refractivity contribution < 1.29 is 9.29 Å². The highest BCUT2D eigenvalue weighted by Crippen LogP contribution is 2.25. The van der Waals surface area contributed by atoms with Crippen LogP contribution in [0.4, 0.5) is 0 Å². The number of aliphatic hydroxyl groups excluding tert-OH is 1. The summed E-state index contributed by atoms with van der Waals surface area (Å²) in [5, 5.41) is 13.9. The van der Waals surface area contributed by atoms with Crippen molar-refractivity contribution in [1.29, 1.82) is 0 Å². The molecule has 0 amide bonds. The van der Waals surface area contributed by atoms with E-state index in [2.05, 4.69) is 12.9 Å². The maximum Gasteiger partial charge on any atom is 0.137 e. The van der Waals surface area contributed by atoms with Crippen LogP contribution in [-0.4, -0.2) is 5.11 Å². The van der Waals surface area contributed by atoms with Crippen molar-refractivity contribution in [2.45, 2.75) is 6.10 Å². The van der Waals surface area contributed by atoms with E-state index in [-0.39, 0.29) is 0 Å². The molecule has 0 fully saturated rings. The Morgan fingerprint density at radius 3 is 2.40 bits per heavy atom. The fourth-order valence-electron chi connectivity index (χ4n) is 1.33. The molecule has 15 heavy (non-hydrogen) atoms. The molecule has 2 aromatic rings. The lowest BCUT2D eigenvalue weighted by Crippen LogP contribution is -1.97. The summed E-state index contributed by atoms with van der Waals surface area (Å²) in [7, 11) is 0. The van der Waals surface area contributed by atoms with Gasteiger partial charge in [0.25, 0.3) is 0 Å². The van der Waals surface area contributed by atoms with Crippen LogP contribution in [0.5, 0.6) is 5.75 Å². The van der Waals surface area contributed by atoms with Crippen LogP contribution in [-0.2, 0) is 0 Å². The summed E-state index contributed by atoms with van der Waals surface area (Å²) in [5.41, 5.74) is 1.77. The summed E-state index contributed by atoms with van der Waals surface area (Å²) in [6, 6.07) is 9.12. The predicted octanol–water partition coefficient (Wildman–Crippen LogP) is 3.05. The van der Waals surface area contributed by atoms with E-state index in [1.165, 1.54) is 0 Å². The van der Waals surface area contributed by atoms with Crippen molar-refractivity contribution in [2.24, 2.45) is 0 Å². The highest BCUT2D eigenvalue weighted by atomic mass is 32.1. The van der Waals surface area contributed by atoms with Crippen molar-refractivity contribution in [1.82, 2.24) is 0 Å². The molecule has 0 aliphatic heterocycles. The Bertz CT molecular complexity index is 409. The smallest absolute Gasteiger partial charge is 0.137 e. The van der Waals surface area contributed by atoms with Crippen LogP contribution in [0.25, 0.3) is 0 Å². The molecule has 0 radical (unpaired) electrons. The minimum Gasteiger partial charge on any atom is -0.429 e. The van der Waals surface area contributed by atoms with Crippen LogP contribution >= 0.6 is 24.2 Å². The number of aliphatic hydroxyl groups is 1. The van der Waals surface area contributed by atoms with Gasteiger partial charge in [0.05, 0.1) is 0 Å². The van der Waals surface area contributed by atoms with E-state index in [9.17, 15) is 5.11 Å². The van der Waals surface area contributed by atoms with Crippen LogP contribution in [0, 0.1) is 0 Å². The van der Waals surface area contributed by atoms with Gasteiger partial charge in [-0.1, -0.05) is 12.1 Å². The van der Waals surface area contributed by atoms with Gasteiger partial charge < -0.3 is 9.29 Å². The van der Waals surface area contributed by atoms with Gasteiger partial charge in [-0.05, 0) is 40.1 Å². The van der Waals surface area contributed by atoms with Crippen LogP contribution in [0.1, 0.15) is 17.2 Å². The second-order valence-corrected chi connectivity index (χ2v) is 4.08. The zero-order valence-corrected chi connectivity index (χ0v) is 9.54. The largest absolute Gasteiger partial charge is 0.429 e. The fourth-order valence-corrected chi connectivity index (χ4v) is 2.13. The monoisotopic (exact) mass is 238 g/mol. The molecule has 2 rings (SSSR count). The molecule has 1 aromatic heterocycles. The Morgan fingerprint density at radius 2 is 1.87 bits per heavy atom. The molecular formula is C11H10O2S2. The highest BCUT2D eigenvalue weighted by molar-refractivity contribution is 7.75. The molecule has 0 spiro atoms. The molecule has 4 heteroatoms. The quantitative estimate of drug-likeness (QED) is 0.635. The molecule has 1 heterocycles. The third-order valence-electron chi connectivity index (χ3n) is 2.16. The summed E-state index contributed by atoms with van der Waals surface area (Å²) in [4.78, 5) is 0. The summed E-state index contributed by atoms with van der Waals surface area (Å²) in [6.07, 6.45) is -0.565. The average Bonchev–Trinajstić information content (AvgIpc) is 2.82. The van der Waals surface area contributed by atoms with Gasteiger partial charge in [0.15, 0.2) is 0 Å². The van der Waals surface area contributed by atoms with Gasteiger partial charge in [0, 0.05) is 12.9 Å². The van der Waals surface area contributed by atoms with E-state index < -0.39 is 6.10 Å². The van der Waals surface area contributed by atoms with E-state index in [4.69, 9.17) is 4.18 Å². The van der Waals surface area contributed by atoms with Gasteiger partial charge in [0.1, 0.15) is 11.9 Å². The molecule has 0 aliphatic carbocycles.